The van der Waals surface area contributed by atoms with Crippen molar-refractivity contribution in [1.29, 1.82) is 0 Å². The second-order valence-electron chi connectivity index (χ2n) is 3.15. The maximum absolute atomic E-state index is 11.2. The minimum Gasteiger partial charge on any atom is -0.368 e. The van der Waals surface area contributed by atoms with Crippen molar-refractivity contribution < 1.29 is 4.21 Å². The van der Waals surface area contributed by atoms with Crippen LogP contribution in [0.5, 0.6) is 0 Å². The molecule has 0 fully saturated rings. The first-order valence-electron chi connectivity index (χ1n) is 5.00. The summed E-state index contributed by atoms with van der Waals surface area (Å²) < 4.78 is 11.2. The largest absolute Gasteiger partial charge is 0.368 e. The Labute approximate surface area is 113 Å². The minimum absolute atomic E-state index is 0.343. The number of hydrazine groups is 1. The zero-order chi connectivity index (χ0) is 12.8. The second kappa shape index (κ2) is 7.00. The van der Waals surface area contributed by atoms with Crippen LogP contribution < -0.4 is 16.6 Å². The van der Waals surface area contributed by atoms with E-state index in [1.54, 1.807) is 6.07 Å². The van der Waals surface area contributed by atoms with E-state index in [0.717, 1.165) is 0 Å². The zero-order valence-corrected chi connectivity index (χ0v) is 11.6. The van der Waals surface area contributed by atoms with Gasteiger partial charge in [0.1, 0.15) is 5.82 Å². The average Bonchev–Trinajstić information content (AvgIpc) is 2.31. The number of nitrogens with one attached hydrogen (secondary N) is 2. The lowest BCUT2D eigenvalue weighted by Gasteiger charge is -2.10. The molecular formula is C9H14Cl2N4OS. The molecule has 0 spiro atoms. The molecule has 8 heteroatoms. The van der Waals surface area contributed by atoms with E-state index in [4.69, 9.17) is 29.0 Å². The van der Waals surface area contributed by atoms with Crippen molar-refractivity contribution in [3.8, 4) is 0 Å². The number of hydrogen-bond acceptors (Lipinski definition) is 5. The quantitative estimate of drug-likeness (QED) is 0.551. The van der Waals surface area contributed by atoms with Gasteiger partial charge in [0.25, 0.3) is 0 Å². The number of nitrogen functional groups attached to an aromatic ring is 1. The number of hydrogen-bond donors (Lipinski definition) is 3. The maximum Gasteiger partial charge on any atom is 0.161 e. The Morgan fingerprint density at radius 3 is 2.65 bits per heavy atom. The van der Waals surface area contributed by atoms with E-state index in [9.17, 15) is 4.21 Å². The van der Waals surface area contributed by atoms with Crippen LogP contribution in [0.15, 0.2) is 6.07 Å². The number of halogens is 2. The Bertz CT molecular complexity index is 416. The fourth-order valence-electron chi connectivity index (χ4n) is 1.12. The average molecular weight is 297 g/mol. The molecule has 1 rings (SSSR count). The van der Waals surface area contributed by atoms with E-state index in [1.165, 1.54) is 0 Å². The number of pyridine rings is 1. The summed E-state index contributed by atoms with van der Waals surface area (Å²) >= 11 is 11.8. The van der Waals surface area contributed by atoms with Crippen LogP contribution in [0.4, 0.5) is 11.6 Å². The van der Waals surface area contributed by atoms with Gasteiger partial charge in [-0.1, -0.05) is 30.1 Å². The SMILES string of the molecule is CCS(=O)CCNc1nc(NN)c(Cl)cc1Cl. The molecule has 0 aromatic carbocycles. The van der Waals surface area contributed by atoms with Crippen LogP contribution in [0, 0.1) is 0 Å². The van der Waals surface area contributed by atoms with Crippen molar-refractivity contribution in [3.63, 3.8) is 0 Å². The van der Waals surface area contributed by atoms with Gasteiger partial charge in [-0.3, -0.25) is 4.21 Å². The van der Waals surface area contributed by atoms with E-state index in [1.807, 2.05) is 6.92 Å². The summed E-state index contributed by atoms with van der Waals surface area (Å²) in [5.41, 5.74) is 2.37. The van der Waals surface area contributed by atoms with Crippen LogP contribution in [0.2, 0.25) is 10.0 Å². The van der Waals surface area contributed by atoms with E-state index >= 15 is 0 Å². The third-order valence-electron chi connectivity index (χ3n) is 2.01. The second-order valence-corrected chi connectivity index (χ2v) is 5.83. The molecule has 0 saturated carbocycles. The molecule has 1 aromatic heterocycles. The number of anilines is 2. The topological polar surface area (TPSA) is 80.0 Å². The molecular weight excluding hydrogens is 283 g/mol. The molecule has 0 saturated heterocycles. The first-order valence-corrected chi connectivity index (χ1v) is 7.24. The lowest BCUT2D eigenvalue weighted by Crippen LogP contribution is -2.15. The lowest BCUT2D eigenvalue weighted by atomic mass is 10.4. The normalized spacial score (nSPS) is 12.2. The van der Waals surface area contributed by atoms with Gasteiger partial charge < -0.3 is 10.7 Å². The van der Waals surface area contributed by atoms with Crippen molar-refractivity contribution in [1.82, 2.24) is 4.98 Å². The Morgan fingerprint density at radius 1 is 1.41 bits per heavy atom. The van der Waals surface area contributed by atoms with Gasteiger partial charge in [0, 0.05) is 28.9 Å². The maximum atomic E-state index is 11.2. The summed E-state index contributed by atoms with van der Waals surface area (Å²) in [6.07, 6.45) is 0. The summed E-state index contributed by atoms with van der Waals surface area (Å²) in [4.78, 5) is 4.10. The van der Waals surface area contributed by atoms with Gasteiger partial charge in [-0.25, -0.2) is 10.8 Å². The molecule has 1 heterocycles. The first kappa shape index (κ1) is 14.5. The summed E-state index contributed by atoms with van der Waals surface area (Å²) in [6.45, 7) is 2.40. The Hall–Kier alpha value is -0.560. The van der Waals surface area contributed by atoms with E-state index < -0.39 is 10.8 Å². The van der Waals surface area contributed by atoms with Crippen molar-refractivity contribution in [2.45, 2.75) is 6.92 Å². The van der Waals surface area contributed by atoms with Gasteiger partial charge in [-0.05, 0) is 6.07 Å². The number of aromatic nitrogens is 1. The smallest absolute Gasteiger partial charge is 0.161 e. The predicted molar refractivity (Wildman–Crippen MR) is 74.1 cm³/mol. The summed E-state index contributed by atoms with van der Waals surface area (Å²) in [5.74, 6) is 7.25. The monoisotopic (exact) mass is 296 g/mol. The van der Waals surface area contributed by atoms with Crippen molar-refractivity contribution in [2.75, 3.05) is 28.8 Å². The number of rotatable bonds is 6. The highest BCUT2D eigenvalue weighted by molar-refractivity contribution is 7.84. The summed E-state index contributed by atoms with van der Waals surface area (Å²) in [7, 11) is -0.819. The fraction of sp³-hybridized carbons (Fsp3) is 0.444. The fourth-order valence-corrected chi connectivity index (χ4v) is 2.22. The molecule has 96 valence electrons. The Balaban J connectivity index is 2.67. The standard InChI is InChI=1S/C9H14Cl2N4OS/c1-2-17(16)4-3-13-8-6(10)5-7(11)9(14-8)15-12/h5H,2-4,12H2,1H3,(H2,13,14,15). The minimum atomic E-state index is -0.819. The van der Waals surface area contributed by atoms with Crippen molar-refractivity contribution in [3.05, 3.63) is 16.1 Å². The molecule has 1 aromatic rings. The van der Waals surface area contributed by atoms with Gasteiger partial charge in [0.15, 0.2) is 5.82 Å². The third kappa shape index (κ3) is 4.31. The van der Waals surface area contributed by atoms with E-state index in [2.05, 4.69) is 15.7 Å². The van der Waals surface area contributed by atoms with Gasteiger partial charge in [-0.2, -0.15) is 0 Å². The first-order chi connectivity index (χ1) is 8.08. The lowest BCUT2D eigenvalue weighted by molar-refractivity contribution is 0.684. The molecule has 4 N–H and O–H groups in total. The van der Waals surface area contributed by atoms with Crippen LogP contribution in [-0.4, -0.2) is 27.2 Å². The number of nitrogens with zero attached hydrogens (tertiary/aromatic N) is 1. The van der Waals surface area contributed by atoms with E-state index in [-0.39, 0.29) is 0 Å². The molecule has 0 radical (unpaired) electrons. The van der Waals surface area contributed by atoms with Gasteiger partial charge >= 0.3 is 0 Å². The van der Waals surface area contributed by atoms with Crippen LogP contribution in [0.1, 0.15) is 6.92 Å². The van der Waals surface area contributed by atoms with Crippen LogP contribution in [0.25, 0.3) is 0 Å². The molecule has 0 aliphatic rings. The van der Waals surface area contributed by atoms with Gasteiger partial charge in [-0.15, -0.1) is 0 Å². The molecule has 0 bridgehead atoms. The number of nitrogens with two attached hydrogens (primary N) is 1. The molecule has 0 aliphatic heterocycles. The highest BCUT2D eigenvalue weighted by atomic mass is 35.5. The molecule has 5 nitrogen and oxygen atoms in total. The zero-order valence-electron chi connectivity index (χ0n) is 9.30. The summed E-state index contributed by atoms with van der Waals surface area (Å²) in [6, 6.07) is 1.55. The predicted octanol–water partition coefficient (Wildman–Crippen LogP) is 1.85. The molecule has 0 aliphatic carbocycles. The highest BCUT2D eigenvalue weighted by Gasteiger charge is 2.08. The molecule has 17 heavy (non-hydrogen) atoms. The molecule has 1 unspecified atom stereocenters. The highest BCUT2D eigenvalue weighted by Crippen LogP contribution is 2.28. The van der Waals surface area contributed by atoms with Crippen molar-refractivity contribution in [2.24, 2.45) is 5.84 Å². The van der Waals surface area contributed by atoms with Gasteiger partial charge in [0.05, 0.1) is 10.0 Å². The Kier molecular flexibility index (Phi) is 5.97. The van der Waals surface area contributed by atoms with E-state index in [0.29, 0.717) is 39.7 Å². The molecule has 0 amide bonds. The Morgan fingerprint density at radius 2 is 2.06 bits per heavy atom. The van der Waals surface area contributed by atoms with Crippen LogP contribution in [-0.2, 0) is 10.8 Å². The van der Waals surface area contributed by atoms with Crippen LogP contribution in [0.3, 0.4) is 0 Å². The van der Waals surface area contributed by atoms with Crippen molar-refractivity contribution >= 4 is 45.6 Å². The van der Waals surface area contributed by atoms with Crippen LogP contribution >= 0.6 is 23.2 Å². The molecule has 1 atom stereocenters. The third-order valence-corrected chi connectivity index (χ3v) is 3.89. The summed E-state index contributed by atoms with van der Waals surface area (Å²) in [5, 5.41) is 3.74. The van der Waals surface area contributed by atoms with Gasteiger partial charge in [0.2, 0.25) is 0 Å².